The van der Waals surface area contributed by atoms with Crippen LogP contribution < -0.4 is 10.6 Å². The Labute approximate surface area is 178 Å². The van der Waals surface area contributed by atoms with Crippen LogP contribution >= 0.6 is 0 Å². The highest BCUT2D eigenvalue weighted by molar-refractivity contribution is 5.94. The van der Waals surface area contributed by atoms with Gasteiger partial charge in [0.15, 0.2) is 17.3 Å². The van der Waals surface area contributed by atoms with E-state index in [0.717, 1.165) is 52.2 Å². The third kappa shape index (κ3) is 3.02. The molecule has 4 N–H and O–H groups in total. The van der Waals surface area contributed by atoms with Gasteiger partial charge in [0, 0.05) is 24.8 Å². The number of nitrogens with one attached hydrogen (secondary N) is 2. The summed E-state index contributed by atoms with van der Waals surface area (Å²) in [5, 5.41) is 7.56. The molecule has 0 spiro atoms. The molecule has 6 rings (SSSR count). The molecule has 0 amide bonds. The molecule has 0 saturated carbocycles. The Morgan fingerprint density at radius 1 is 1.00 bits per heavy atom. The smallest absolute Gasteiger partial charge is 0.161 e. The fourth-order valence-corrected chi connectivity index (χ4v) is 4.19. The number of pyridine rings is 2. The van der Waals surface area contributed by atoms with E-state index in [4.69, 9.17) is 15.7 Å². The van der Waals surface area contributed by atoms with Gasteiger partial charge in [-0.25, -0.2) is 15.0 Å². The van der Waals surface area contributed by atoms with E-state index in [1.54, 1.807) is 0 Å². The van der Waals surface area contributed by atoms with E-state index in [9.17, 15) is 0 Å². The number of anilines is 2. The van der Waals surface area contributed by atoms with E-state index < -0.39 is 0 Å². The molecule has 0 aliphatic carbocycles. The van der Waals surface area contributed by atoms with E-state index >= 15 is 0 Å². The summed E-state index contributed by atoms with van der Waals surface area (Å²) < 4.78 is 0. The first kappa shape index (κ1) is 17.7. The number of fused-ring (bicyclic) bond motifs is 2. The molecule has 0 unspecified atom stereocenters. The maximum Gasteiger partial charge on any atom is 0.161 e. The minimum atomic E-state index is 0.529. The summed E-state index contributed by atoms with van der Waals surface area (Å²) in [6.07, 6.45) is 5.48. The minimum absolute atomic E-state index is 0.529. The van der Waals surface area contributed by atoms with Crippen LogP contribution in [0, 0.1) is 12.1 Å². The van der Waals surface area contributed by atoms with Crippen LogP contribution in [0.15, 0.2) is 36.5 Å². The summed E-state index contributed by atoms with van der Waals surface area (Å²) in [6.45, 7) is 2.03. The summed E-state index contributed by atoms with van der Waals surface area (Å²) in [5.41, 5.74) is 12.1. The van der Waals surface area contributed by atoms with Crippen LogP contribution in [0.5, 0.6) is 0 Å². The summed E-state index contributed by atoms with van der Waals surface area (Å²) in [5.74, 6) is 1.60. The second-order valence-corrected chi connectivity index (χ2v) is 7.80. The topological polar surface area (TPSA) is 112 Å². The number of nitrogens with two attached hydrogens (primary N) is 1. The SMILES string of the molecule is Nc1c#ccc(-c2ccc3[nH]nc(-c4nc5c(N6CCCCC6)nccc5[nH]4)c3n2)c1. The molecule has 8 nitrogen and oxygen atoms in total. The van der Waals surface area contributed by atoms with Crippen molar-refractivity contribution in [2.75, 3.05) is 23.7 Å². The normalized spacial score (nSPS) is 14.3. The second-order valence-electron chi connectivity index (χ2n) is 7.80. The van der Waals surface area contributed by atoms with Gasteiger partial charge in [0.1, 0.15) is 11.0 Å². The van der Waals surface area contributed by atoms with Crippen molar-refractivity contribution >= 4 is 33.6 Å². The Balaban J connectivity index is 1.46. The monoisotopic (exact) mass is 408 g/mol. The van der Waals surface area contributed by atoms with Gasteiger partial charge in [-0.2, -0.15) is 5.10 Å². The number of hydrogen-bond donors (Lipinski definition) is 3. The van der Waals surface area contributed by atoms with Crippen molar-refractivity contribution in [1.29, 1.82) is 0 Å². The van der Waals surface area contributed by atoms with Gasteiger partial charge < -0.3 is 15.6 Å². The van der Waals surface area contributed by atoms with E-state index in [1.807, 2.05) is 36.5 Å². The lowest BCUT2D eigenvalue weighted by Crippen LogP contribution is -2.30. The van der Waals surface area contributed by atoms with Gasteiger partial charge in [0.05, 0.1) is 22.4 Å². The highest BCUT2D eigenvalue weighted by atomic mass is 15.2. The van der Waals surface area contributed by atoms with Gasteiger partial charge >= 0.3 is 0 Å². The van der Waals surface area contributed by atoms with Crippen LogP contribution in [0.4, 0.5) is 11.5 Å². The zero-order chi connectivity index (χ0) is 20.8. The van der Waals surface area contributed by atoms with Gasteiger partial charge in [0.25, 0.3) is 0 Å². The van der Waals surface area contributed by atoms with Gasteiger partial charge in [-0.05, 0) is 55.7 Å². The quantitative estimate of drug-likeness (QED) is 0.419. The summed E-state index contributed by atoms with van der Waals surface area (Å²) in [6, 6.07) is 15.3. The molecule has 1 aromatic carbocycles. The molecule has 5 aromatic rings. The number of piperidine rings is 1. The summed E-state index contributed by atoms with van der Waals surface area (Å²) in [7, 11) is 0. The first-order chi connectivity index (χ1) is 15.3. The third-order valence-corrected chi connectivity index (χ3v) is 5.72. The van der Waals surface area contributed by atoms with Crippen LogP contribution in [0.1, 0.15) is 19.3 Å². The van der Waals surface area contributed by atoms with Crippen LogP contribution in [-0.4, -0.2) is 43.2 Å². The van der Waals surface area contributed by atoms with Crippen molar-refractivity contribution in [2.24, 2.45) is 0 Å². The molecule has 5 heterocycles. The minimum Gasteiger partial charge on any atom is -0.392 e. The molecule has 0 atom stereocenters. The Morgan fingerprint density at radius 2 is 1.90 bits per heavy atom. The molecule has 1 fully saturated rings. The van der Waals surface area contributed by atoms with Gasteiger partial charge in [-0.3, -0.25) is 5.10 Å². The molecule has 0 radical (unpaired) electrons. The number of imidazole rings is 1. The number of aromatic nitrogens is 6. The second kappa shape index (κ2) is 6.99. The zero-order valence-corrected chi connectivity index (χ0v) is 16.8. The fraction of sp³-hybridized carbons (Fsp3) is 0.217. The van der Waals surface area contributed by atoms with E-state index in [0.29, 0.717) is 17.2 Å². The Kier molecular flexibility index (Phi) is 3.99. The molecular weight excluding hydrogens is 388 g/mol. The van der Waals surface area contributed by atoms with E-state index in [1.165, 1.54) is 19.3 Å². The van der Waals surface area contributed by atoms with Gasteiger partial charge in [0.2, 0.25) is 0 Å². The predicted octanol–water partition coefficient (Wildman–Crippen LogP) is 3.74. The number of rotatable bonds is 3. The van der Waals surface area contributed by atoms with Crippen LogP contribution in [0.2, 0.25) is 0 Å². The fourth-order valence-electron chi connectivity index (χ4n) is 4.19. The maximum atomic E-state index is 5.87. The van der Waals surface area contributed by atoms with Crippen molar-refractivity contribution in [1.82, 2.24) is 30.1 Å². The molecule has 8 heteroatoms. The third-order valence-electron chi connectivity index (χ3n) is 5.72. The number of aromatic amines is 2. The number of hydrogen-bond acceptors (Lipinski definition) is 6. The summed E-state index contributed by atoms with van der Waals surface area (Å²) in [4.78, 5) is 20.1. The molecule has 1 saturated heterocycles. The molecular formula is C23H20N8. The Bertz CT molecular complexity index is 1390. The lowest BCUT2D eigenvalue weighted by atomic mass is 10.1. The van der Waals surface area contributed by atoms with E-state index in [2.05, 4.69) is 37.2 Å². The van der Waals surface area contributed by atoms with Crippen molar-refractivity contribution in [3.8, 4) is 22.8 Å². The molecule has 4 aromatic heterocycles. The average Bonchev–Trinajstić information content (AvgIpc) is 3.43. The van der Waals surface area contributed by atoms with Gasteiger partial charge in [-0.15, -0.1) is 0 Å². The van der Waals surface area contributed by atoms with Crippen LogP contribution in [0.25, 0.3) is 44.8 Å². The Morgan fingerprint density at radius 3 is 2.77 bits per heavy atom. The van der Waals surface area contributed by atoms with E-state index in [-0.39, 0.29) is 0 Å². The first-order valence-electron chi connectivity index (χ1n) is 10.4. The van der Waals surface area contributed by atoms with Crippen molar-refractivity contribution in [3.05, 3.63) is 48.7 Å². The van der Waals surface area contributed by atoms with Crippen LogP contribution in [-0.2, 0) is 0 Å². The maximum absolute atomic E-state index is 5.87. The Hall–Kier alpha value is -4.12. The summed E-state index contributed by atoms with van der Waals surface area (Å²) >= 11 is 0. The van der Waals surface area contributed by atoms with Gasteiger partial charge in [-0.1, -0.05) is 6.07 Å². The first-order valence-corrected chi connectivity index (χ1v) is 10.4. The van der Waals surface area contributed by atoms with Crippen LogP contribution in [0.3, 0.4) is 0 Å². The lowest BCUT2D eigenvalue weighted by molar-refractivity contribution is 0.574. The van der Waals surface area contributed by atoms with Crippen molar-refractivity contribution in [3.63, 3.8) is 0 Å². The molecule has 1 aliphatic rings. The molecule has 152 valence electrons. The number of H-pyrrole nitrogens is 2. The predicted molar refractivity (Wildman–Crippen MR) is 120 cm³/mol. The lowest BCUT2D eigenvalue weighted by Gasteiger charge is -2.27. The van der Waals surface area contributed by atoms with Crippen molar-refractivity contribution in [2.45, 2.75) is 19.3 Å². The highest BCUT2D eigenvalue weighted by Gasteiger charge is 2.20. The highest BCUT2D eigenvalue weighted by Crippen LogP contribution is 2.31. The van der Waals surface area contributed by atoms with Crippen molar-refractivity contribution < 1.29 is 0 Å². The molecule has 0 bridgehead atoms. The molecule has 1 aliphatic heterocycles. The number of nitrogen functional groups attached to an aromatic ring is 1. The standard InChI is InChI=1S/C23H20N8/c24-15-6-4-5-14(13-15)16-7-8-18-19(26-16)21(30-29-18)22-27-17-9-10-25-23(20(17)28-22)31-11-2-1-3-12-31/h5,7-10,13H,1-3,11-12,24H2,(H,27,28)(H,29,30). The number of nitrogens with zero attached hydrogens (tertiary/aromatic N) is 5. The average molecular weight is 408 g/mol. The zero-order valence-electron chi connectivity index (χ0n) is 16.8. The largest absolute Gasteiger partial charge is 0.392 e. The molecule has 31 heavy (non-hydrogen) atoms.